The van der Waals surface area contributed by atoms with Gasteiger partial charge in [0, 0.05) is 60.5 Å². The number of fused-ring (bicyclic) bond motifs is 3. The number of carboxylic acid groups (broad SMARTS) is 1. The lowest BCUT2D eigenvalue weighted by Gasteiger charge is -2.37. The van der Waals surface area contributed by atoms with Crippen molar-refractivity contribution in [1.29, 1.82) is 0 Å². The maximum Gasteiger partial charge on any atom is 0.335 e. The van der Waals surface area contributed by atoms with Gasteiger partial charge in [0.1, 0.15) is 0 Å². The van der Waals surface area contributed by atoms with E-state index < -0.39 is 12.0 Å². The van der Waals surface area contributed by atoms with E-state index >= 15 is 0 Å². The number of anilines is 2. The SMILES string of the molecule is CC(C)N1CC2CC1CN2Cc1cc(-c2ccccc2Cl)c2c(c1)N(c1c(Cl)cc(C(=O)O)cc1Cl)C(=O)NC2. The number of aromatic carboxylic acids is 1. The molecule has 2 N–H and O–H groups in total. The molecule has 0 aliphatic carbocycles. The number of rotatable bonds is 6. The molecular weight excluding hydrogens is 571 g/mol. The van der Waals surface area contributed by atoms with E-state index in [1.165, 1.54) is 17.0 Å². The molecule has 3 aromatic rings. The minimum Gasteiger partial charge on any atom is -0.478 e. The highest BCUT2D eigenvalue weighted by Gasteiger charge is 2.44. The van der Waals surface area contributed by atoms with Crippen molar-refractivity contribution in [2.45, 2.75) is 51.5 Å². The second kappa shape index (κ2) is 10.5. The number of likely N-dealkylation sites (tertiary alicyclic amines) is 2. The summed E-state index contributed by atoms with van der Waals surface area (Å²) in [5, 5.41) is 13.2. The number of carbonyl (C=O) groups excluding carboxylic acids is 1. The Balaban J connectivity index is 1.47. The van der Waals surface area contributed by atoms with Crippen LogP contribution in [-0.2, 0) is 13.1 Å². The normalized spacial score (nSPS) is 20.8. The van der Waals surface area contributed by atoms with Crippen LogP contribution in [0.5, 0.6) is 0 Å². The van der Waals surface area contributed by atoms with E-state index in [1.54, 1.807) is 0 Å². The lowest BCUT2D eigenvalue weighted by Crippen LogP contribution is -2.48. The van der Waals surface area contributed by atoms with Crippen LogP contribution in [0, 0.1) is 0 Å². The highest BCUT2D eigenvalue weighted by atomic mass is 35.5. The molecule has 3 heterocycles. The topological polar surface area (TPSA) is 76.1 Å². The molecule has 7 nitrogen and oxygen atoms in total. The number of nitrogens with one attached hydrogen (secondary N) is 1. The summed E-state index contributed by atoms with van der Waals surface area (Å²) in [6.45, 7) is 7.59. The smallest absolute Gasteiger partial charge is 0.335 e. The zero-order chi connectivity index (χ0) is 28.3. The Morgan fingerprint density at radius 2 is 1.73 bits per heavy atom. The Morgan fingerprint density at radius 3 is 2.35 bits per heavy atom. The van der Waals surface area contributed by atoms with E-state index in [0.29, 0.717) is 35.4 Å². The van der Waals surface area contributed by atoms with Gasteiger partial charge >= 0.3 is 12.0 Å². The summed E-state index contributed by atoms with van der Waals surface area (Å²) in [7, 11) is 0. The van der Waals surface area contributed by atoms with Gasteiger partial charge in [0.15, 0.2) is 0 Å². The fraction of sp³-hybridized carbons (Fsp3) is 0.333. The van der Waals surface area contributed by atoms with Gasteiger partial charge in [-0.2, -0.15) is 0 Å². The summed E-state index contributed by atoms with van der Waals surface area (Å²) < 4.78 is 0. The van der Waals surface area contributed by atoms with Gasteiger partial charge in [-0.05, 0) is 61.7 Å². The van der Waals surface area contributed by atoms with Crippen LogP contribution in [0.1, 0.15) is 41.8 Å². The molecule has 2 saturated heterocycles. The van der Waals surface area contributed by atoms with E-state index in [0.717, 1.165) is 48.3 Å². The van der Waals surface area contributed by atoms with Gasteiger partial charge < -0.3 is 10.4 Å². The fourth-order valence-electron chi connectivity index (χ4n) is 6.43. The maximum absolute atomic E-state index is 13.4. The van der Waals surface area contributed by atoms with Gasteiger partial charge in [-0.3, -0.25) is 14.7 Å². The molecule has 2 bridgehead atoms. The summed E-state index contributed by atoms with van der Waals surface area (Å²) in [5.74, 6) is -1.15. The zero-order valence-electron chi connectivity index (χ0n) is 22.1. The van der Waals surface area contributed by atoms with E-state index in [2.05, 4.69) is 35.0 Å². The third kappa shape index (κ3) is 4.74. The van der Waals surface area contributed by atoms with Crippen LogP contribution in [0.25, 0.3) is 11.1 Å². The number of amides is 2. The third-order valence-electron chi connectivity index (χ3n) is 8.24. The van der Waals surface area contributed by atoms with Gasteiger partial charge in [-0.15, -0.1) is 0 Å². The Hall–Kier alpha value is -2.81. The standard InChI is InChI=1S/C30H29Cl3N4O3/c1-16(2)36-15-19-11-20(36)14-35(19)13-17-7-22(21-5-3-4-6-24(21)31)23-12-34-30(40)37(27(23)8-17)28-25(32)9-18(29(38)39)10-26(28)33/h3-10,16,19-20H,11-15H2,1-2H3,(H,34,40)(H,38,39). The molecule has 208 valence electrons. The molecule has 40 heavy (non-hydrogen) atoms. The summed E-state index contributed by atoms with van der Waals surface area (Å²) in [6, 6.07) is 15.7. The first-order chi connectivity index (χ1) is 19.1. The third-order valence-corrected chi connectivity index (χ3v) is 9.15. The Morgan fingerprint density at radius 1 is 1.00 bits per heavy atom. The van der Waals surface area contributed by atoms with Crippen molar-refractivity contribution < 1.29 is 14.7 Å². The first-order valence-corrected chi connectivity index (χ1v) is 14.5. The molecule has 0 spiro atoms. The first kappa shape index (κ1) is 27.4. The van der Waals surface area contributed by atoms with Crippen molar-refractivity contribution >= 4 is 58.2 Å². The monoisotopic (exact) mass is 598 g/mol. The molecule has 0 radical (unpaired) electrons. The summed E-state index contributed by atoms with van der Waals surface area (Å²) in [6.07, 6.45) is 1.16. The molecule has 0 aromatic heterocycles. The predicted octanol–water partition coefficient (Wildman–Crippen LogP) is 7.04. The fourth-order valence-corrected chi connectivity index (χ4v) is 7.32. The number of carbonyl (C=O) groups is 2. The lowest BCUT2D eigenvalue weighted by molar-refractivity contribution is 0.0697. The van der Waals surface area contributed by atoms with E-state index in [1.807, 2.05) is 30.3 Å². The number of carboxylic acids is 1. The van der Waals surface area contributed by atoms with E-state index in [-0.39, 0.29) is 21.3 Å². The molecule has 3 aromatic carbocycles. The number of benzene rings is 3. The summed E-state index contributed by atoms with van der Waals surface area (Å²) >= 11 is 19.8. The molecule has 2 fully saturated rings. The highest BCUT2D eigenvalue weighted by molar-refractivity contribution is 6.41. The average Bonchev–Trinajstić information content (AvgIpc) is 3.50. The van der Waals surface area contributed by atoms with Gasteiger partial charge in [0.05, 0.1) is 27.0 Å². The molecule has 2 atom stereocenters. The van der Waals surface area contributed by atoms with Gasteiger partial charge in [0.25, 0.3) is 0 Å². The molecule has 10 heteroatoms. The van der Waals surface area contributed by atoms with Crippen molar-refractivity contribution in [3.8, 4) is 11.1 Å². The highest BCUT2D eigenvalue weighted by Crippen LogP contribution is 2.45. The van der Waals surface area contributed by atoms with Crippen LogP contribution < -0.4 is 10.2 Å². The molecule has 6 rings (SSSR count). The lowest BCUT2D eigenvalue weighted by atomic mass is 9.93. The second-order valence-corrected chi connectivity index (χ2v) is 12.2. The van der Waals surface area contributed by atoms with Crippen LogP contribution in [0.2, 0.25) is 15.1 Å². The number of nitrogens with zero attached hydrogens (tertiary/aromatic N) is 3. The number of halogens is 3. The molecule has 2 unspecified atom stereocenters. The van der Waals surface area contributed by atoms with Crippen LogP contribution >= 0.6 is 34.8 Å². The maximum atomic E-state index is 13.4. The molecule has 3 aliphatic rings. The van der Waals surface area contributed by atoms with Crippen molar-refractivity contribution in [1.82, 2.24) is 15.1 Å². The molecule has 2 amide bonds. The van der Waals surface area contributed by atoms with Crippen LogP contribution in [0.15, 0.2) is 48.5 Å². The van der Waals surface area contributed by atoms with Gasteiger partial charge in [-0.25, -0.2) is 9.59 Å². The molecular formula is C30H29Cl3N4O3. The summed E-state index contributed by atoms with van der Waals surface area (Å²) in [4.78, 5) is 31.5. The zero-order valence-corrected chi connectivity index (χ0v) is 24.4. The van der Waals surface area contributed by atoms with Crippen molar-refractivity contribution in [3.05, 3.63) is 80.3 Å². The van der Waals surface area contributed by atoms with Crippen LogP contribution in [-0.4, -0.2) is 58.1 Å². The molecule has 0 saturated carbocycles. The molecule has 3 aliphatic heterocycles. The Bertz CT molecular complexity index is 1510. The number of hydrogen-bond donors (Lipinski definition) is 2. The van der Waals surface area contributed by atoms with E-state index in [9.17, 15) is 14.7 Å². The first-order valence-electron chi connectivity index (χ1n) is 13.3. The van der Waals surface area contributed by atoms with E-state index in [4.69, 9.17) is 34.8 Å². The average molecular weight is 600 g/mol. The second-order valence-electron chi connectivity index (χ2n) is 11.0. The predicted molar refractivity (Wildman–Crippen MR) is 159 cm³/mol. The van der Waals surface area contributed by atoms with Crippen molar-refractivity contribution in [2.75, 3.05) is 18.0 Å². The van der Waals surface area contributed by atoms with Crippen molar-refractivity contribution in [2.24, 2.45) is 0 Å². The summed E-state index contributed by atoms with van der Waals surface area (Å²) in [5.41, 5.74) is 4.54. The Kier molecular flexibility index (Phi) is 7.21. The van der Waals surface area contributed by atoms with Gasteiger partial charge in [-0.1, -0.05) is 53.0 Å². The van der Waals surface area contributed by atoms with Gasteiger partial charge in [0.2, 0.25) is 0 Å². The number of urea groups is 1. The minimum absolute atomic E-state index is 0.0542. The van der Waals surface area contributed by atoms with Crippen LogP contribution in [0.3, 0.4) is 0 Å². The number of piperazine rings is 1. The van der Waals surface area contributed by atoms with Crippen LogP contribution in [0.4, 0.5) is 16.2 Å². The van der Waals surface area contributed by atoms with Crippen molar-refractivity contribution in [3.63, 3.8) is 0 Å². The Labute approximate surface area is 248 Å². The largest absolute Gasteiger partial charge is 0.478 e. The quantitative estimate of drug-likeness (QED) is 0.318. The minimum atomic E-state index is -1.15. The number of hydrogen-bond acceptors (Lipinski definition) is 4.